The van der Waals surface area contributed by atoms with E-state index < -0.39 is 0 Å². The minimum absolute atomic E-state index is 0.119. The second kappa shape index (κ2) is 4.78. The zero-order valence-electron chi connectivity index (χ0n) is 8.20. The highest BCUT2D eigenvalue weighted by molar-refractivity contribution is 9.10. The first-order chi connectivity index (χ1) is 7.24. The number of hydrogen-bond acceptors (Lipinski definition) is 5. The molecule has 1 fully saturated rings. The summed E-state index contributed by atoms with van der Waals surface area (Å²) in [6.07, 6.45) is 1.64. The number of aromatic nitrogens is 1. The van der Waals surface area contributed by atoms with Crippen molar-refractivity contribution in [3.8, 4) is 0 Å². The van der Waals surface area contributed by atoms with Gasteiger partial charge < -0.3 is 15.2 Å². The van der Waals surface area contributed by atoms with Crippen molar-refractivity contribution < 1.29 is 9.84 Å². The minimum atomic E-state index is -0.254. The number of nitrogens with one attached hydrogen (secondary N) is 1. The number of hydrogen-bond donors (Lipinski definition) is 2. The molecule has 2 rings (SSSR count). The van der Waals surface area contributed by atoms with E-state index in [0.717, 1.165) is 22.6 Å². The molecule has 2 N–H and O–H groups in total. The number of thiazole rings is 1. The molecule has 6 heteroatoms. The van der Waals surface area contributed by atoms with Gasteiger partial charge in [0.25, 0.3) is 0 Å². The number of aliphatic hydroxyl groups is 1. The predicted octanol–water partition coefficient (Wildman–Crippen LogP) is 1.86. The third-order valence-corrected chi connectivity index (χ3v) is 4.07. The van der Waals surface area contributed by atoms with Crippen LogP contribution in [0.1, 0.15) is 12.8 Å². The molecule has 0 saturated carbocycles. The van der Waals surface area contributed by atoms with Crippen LogP contribution in [-0.4, -0.2) is 35.5 Å². The summed E-state index contributed by atoms with van der Waals surface area (Å²) in [6, 6.07) is 0. The molecule has 4 nitrogen and oxygen atoms in total. The molecule has 0 atom stereocenters. The van der Waals surface area contributed by atoms with E-state index in [2.05, 4.69) is 26.2 Å². The van der Waals surface area contributed by atoms with Gasteiger partial charge in [-0.15, -0.1) is 11.3 Å². The molecule has 0 aromatic carbocycles. The molecule has 15 heavy (non-hydrogen) atoms. The fraction of sp³-hybridized carbons (Fsp3) is 0.667. The van der Waals surface area contributed by atoms with Gasteiger partial charge in [-0.05, 0) is 28.8 Å². The molecule has 1 aliphatic rings. The van der Waals surface area contributed by atoms with Gasteiger partial charge in [0.2, 0.25) is 0 Å². The van der Waals surface area contributed by atoms with E-state index in [-0.39, 0.29) is 12.1 Å². The monoisotopic (exact) mass is 292 g/mol. The molecule has 1 aromatic heterocycles. The van der Waals surface area contributed by atoms with Crippen molar-refractivity contribution in [2.75, 3.05) is 25.1 Å². The van der Waals surface area contributed by atoms with Gasteiger partial charge in [-0.1, -0.05) is 0 Å². The van der Waals surface area contributed by atoms with E-state index >= 15 is 0 Å². The van der Waals surface area contributed by atoms with Crippen LogP contribution in [0.4, 0.5) is 5.13 Å². The molecular weight excluding hydrogens is 280 g/mol. The van der Waals surface area contributed by atoms with Crippen molar-refractivity contribution in [1.29, 1.82) is 0 Å². The number of anilines is 1. The number of ether oxygens (including phenoxy) is 1. The smallest absolute Gasteiger partial charge is 0.184 e. The quantitative estimate of drug-likeness (QED) is 0.893. The Balaban J connectivity index is 2.06. The van der Waals surface area contributed by atoms with E-state index in [4.69, 9.17) is 4.74 Å². The lowest BCUT2D eigenvalue weighted by molar-refractivity contribution is 0.0380. The zero-order chi connectivity index (χ0) is 10.7. The van der Waals surface area contributed by atoms with Gasteiger partial charge in [0.05, 0.1) is 12.1 Å². The van der Waals surface area contributed by atoms with E-state index in [0.29, 0.717) is 13.2 Å². The van der Waals surface area contributed by atoms with Crippen LogP contribution in [0.3, 0.4) is 0 Å². The first-order valence-corrected chi connectivity index (χ1v) is 6.49. The highest BCUT2D eigenvalue weighted by Crippen LogP contribution is 2.28. The van der Waals surface area contributed by atoms with Crippen LogP contribution in [0.25, 0.3) is 0 Å². The lowest BCUT2D eigenvalue weighted by atomic mass is 9.91. The van der Waals surface area contributed by atoms with Crippen molar-refractivity contribution >= 4 is 32.4 Å². The maximum Gasteiger partial charge on any atom is 0.184 e. The summed E-state index contributed by atoms with van der Waals surface area (Å²) >= 11 is 4.84. The highest BCUT2D eigenvalue weighted by Gasteiger charge is 2.32. The summed E-state index contributed by atoms with van der Waals surface area (Å²) in [7, 11) is 0. The Bertz CT molecular complexity index is 326. The highest BCUT2D eigenvalue weighted by atomic mass is 79.9. The predicted molar refractivity (Wildman–Crippen MR) is 63.3 cm³/mol. The molecule has 1 aromatic rings. The molecule has 0 amide bonds. The van der Waals surface area contributed by atoms with Crippen molar-refractivity contribution in [1.82, 2.24) is 4.98 Å². The van der Waals surface area contributed by atoms with Crippen LogP contribution in [0.5, 0.6) is 0 Å². The Morgan fingerprint density at radius 1 is 1.60 bits per heavy atom. The molecule has 0 spiro atoms. The SMILES string of the molecule is OCC1(Nc2nc(Br)cs2)CCOCC1. The molecule has 0 bridgehead atoms. The maximum absolute atomic E-state index is 9.46. The summed E-state index contributed by atoms with van der Waals surface area (Å²) in [6.45, 7) is 1.51. The van der Waals surface area contributed by atoms with Gasteiger partial charge in [0.15, 0.2) is 5.13 Å². The van der Waals surface area contributed by atoms with E-state index in [1.165, 1.54) is 11.3 Å². The maximum atomic E-state index is 9.46. The summed E-state index contributed by atoms with van der Waals surface area (Å²) in [5, 5.41) is 15.5. The van der Waals surface area contributed by atoms with Crippen LogP contribution in [0, 0.1) is 0 Å². The average Bonchev–Trinajstić information content (AvgIpc) is 2.65. The first-order valence-electron chi connectivity index (χ1n) is 4.82. The van der Waals surface area contributed by atoms with Gasteiger partial charge in [-0.3, -0.25) is 0 Å². The molecular formula is C9H13BrN2O2S. The van der Waals surface area contributed by atoms with Gasteiger partial charge in [-0.2, -0.15) is 0 Å². The van der Waals surface area contributed by atoms with Crippen LogP contribution in [-0.2, 0) is 4.74 Å². The minimum Gasteiger partial charge on any atom is -0.394 e. The van der Waals surface area contributed by atoms with Crippen molar-refractivity contribution in [3.63, 3.8) is 0 Å². The Morgan fingerprint density at radius 2 is 2.33 bits per heavy atom. The van der Waals surface area contributed by atoms with Gasteiger partial charge in [0, 0.05) is 18.6 Å². The average molecular weight is 293 g/mol. The molecule has 2 heterocycles. The number of aliphatic hydroxyl groups excluding tert-OH is 1. The fourth-order valence-electron chi connectivity index (χ4n) is 1.62. The summed E-state index contributed by atoms with van der Waals surface area (Å²) < 4.78 is 6.12. The summed E-state index contributed by atoms with van der Waals surface area (Å²) in [5.74, 6) is 0. The Kier molecular flexibility index (Phi) is 3.60. The summed E-state index contributed by atoms with van der Waals surface area (Å²) in [4.78, 5) is 4.27. The standard InChI is InChI=1S/C9H13BrN2O2S/c10-7-5-15-8(11-7)12-9(6-13)1-3-14-4-2-9/h5,13H,1-4,6H2,(H,11,12). The van der Waals surface area contributed by atoms with Crippen LogP contribution >= 0.6 is 27.3 Å². The normalized spacial score (nSPS) is 20.1. The molecule has 0 unspecified atom stereocenters. The molecule has 1 aliphatic heterocycles. The Hall–Kier alpha value is -0.170. The number of rotatable bonds is 3. The topological polar surface area (TPSA) is 54.4 Å². The fourth-order valence-corrected chi connectivity index (χ4v) is 2.89. The molecule has 0 aliphatic carbocycles. The van der Waals surface area contributed by atoms with Gasteiger partial charge >= 0.3 is 0 Å². The van der Waals surface area contributed by atoms with Crippen LogP contribution in [0.2, 0.25) is 0 Å². The van der Waals surface area contributed by atoms with Gasteiger partial charge in [-0.25, -0.2) is 4.98 Å². The second-order valence-electron chi connectivity index (χ2n) is 3.65. The van der Waals surface area contributed by atoms with E-state index in [1.807, 2.05) is 5.38 Å². The van der Waals surface area contributed by atoms with Crippen molar-refractivity contribution in [2.24, 2.45) is 0 Å². The van der Waals surface area contributed by atoms with Crippen LogP contribution in [0.15, 0.2) is 9.98 Å². The van der Waals surface area contributed by atoms with E-state index in [9.17, 15) is 5.11 Å². The molecule has 84 valence electrons. The van der Waals surface area contributed by atoms with Crippen molar-refractivity contribution in [3.05, 3.63) is 9.98 Å². The molecule has 0 radical (unpaired) electrons. The van der Waals surface area contributed by atoms with Crippen molar-refractivity contribution in [2.45, 2.75) is 18.4 Å². The zero-order valence-corrected chi connectivity index (χ0v) is 10.6. The number of halogens is 1. The first kappa shape index (κ1) is 11.3. The Morgan fingerprint density at radius 3 is 2.87 bits per heavy atom. The summed E-state index contributed by atoms with van der Waals surface area (Å²) in [5.41, 5.74) is -0.254. The number of nitrogens with zero attached hydrogens (tertiary/aromatic N) is 1. The largest absolute Gasteiger partial charge is 0.394 e. The lowest BCUT2D eigenvalue weighted by Gasteiger charge is -2.36. The lowest BCUT2D eigenvalue weighted by Crippen LogP contribution is -2.46. The second-order valence-corrected chi connectivity index (χ2v) is 5.32. The van der Waals surface area contributed by atoms with Gasteiger partial charge in [0.1, 0.15) is 4.60 Å². The van der Waals surface area contributed by atoms with E-state index in [1.54, 1.807) is 0 Å². The Labute approximate surface area is 101 Å². The van der Waals surface area contributed by atoms with Crippen LogP contribution < -0.4 is 5.32 Å². The third-order valence-electron chi connectivity index (χ3n) is 2.60. The third kappa shape index (κ3) is 2.69. The molecule has 1 saturated heterocycles.